The van der Waals surface area contributed by atoms with Gasteiger partial charge < -0.3 is 11.1 Å². The van der Waals surface area contributed by atoms with E-state index in [1.165, 1.54) is 42.2 Å². The molecule has 0 bridgehead atoms. The zero-order valence-electron chi connectivity index (χ0n) is 10.9. The van der Waals surface area contributed by atoms with E-state index in [1.807, 2.05) is 0 Å². The first-order valence-electron chi connectivity index (χ1n) is 5.93. The number of hydrogen-bond donors (Lipinski definition) is 2. The van der Waals surface area contributed by atoms with Crippen molar-refractivity contribution in [1.82, 2.24) is 4.98 Å². The number of rotatable bonds is 5. The molecule has 0 aliphatic rings. The Hall–Kier alpha value is -2.61. The maximum Gasteiger partial charge on any atom is 0.269 e. The predicted octanol–water partition coefficient (Wildman–Crippen LogP) is 2.30. The fraction of sp³-hybridized carbons (Fsp3) is 0.0769. The molecule has 0 aliphatic carbocycles. The monoisotopic (exact) mass is 304 g/mol. The molecule has 3 N–H and O–H groups in total. The molecule has 1 aromatic heterocycles. The number of thioether (sulfide) groups is 1. The molecule has 0 saturated carbocycles. The Morgan fingerprint density at radius 3 is 2.57 bits per heavy atom. The molecule has 0 atom stereocenters. The Morgan fingerprint density at radius 1 is 1.29 bits per heavy atom. The lowest BCUT2D eigenvalue weighted by atomic mass is 10.3. The fourth-order valence-corrected chi connectivity index (χ4v) is 2.12. The van der Waals surface area contributed by atoms with Crippen LogP contribution < -0.4 is 11.1 Å². The second-order valence-electron chi connectivity index (χ2n) is 4.07. The number of nitro benzene ring substituents is 1. The minimum absolute atomic E-state index is 0.0200. The summed E-state index contributed by atoms with van der Waals surface area (Å²) in [6.45, 7) is 0. The Bertz CT molecular complexity index is 643. The van der Waals surface area contributed by atoms with Crippen molar-refractivity contribution < 1.29 is 9.72 Å². The molecular weight excluding hydrogens is 292 g/mol. The maximum atomic E-state index is 11.8. The van der Waals surface area contributed by atoms with Crippen molar-refractivity contribution in [3.8, 4) is 0 Å². The van der Waals surface area contributed by atoms with E-state index in [1.54, 1.807) is 12.1 Å². The van der Waals surface area contributed by atoms with Crippen LogP contribution >= 0.6 is 11.8 Å². The summed E-state index contributed by atoms with van der Waals surface area (Å²) in [7, 11) is 0. The van der Waals surface area contributed by atoms with E-state index in [4.69, 9.17) is 5.73 Å². The molecule has 21 heavy (non-hydrogen) atoms. The highest BCUT2D eigenvalue weighted by molar-refractivity contribution is 7.99. The number of nitrogens with one attached hydrogen (secondary N) is 1. The van der Waals surface area contributed by atoms with Crippen molar-refractivity contribution in [2.45, 2.75) is 5.03 Å². The van der Waals surface area contributed by atoms with Gasteiger partial charge in [-0.1, -0.05) is 11.8 Å². The summed E-state index contributed by atoms with van der Waals surface area (Å²) < 4.78 is 0. The van der Waals surface area contributed by atoms with Crippen LogP contribution in [-0.4, -0.2) is 21.6 Å². The Balaban J connectivity index is 1.86. The summed E-state index contributed by atoms with van der Waals surface area (Å²) in [4.78, 5) is 25.8. The van der Waals surface area contributed by atoms with Crippen LogP contribution in [0.3, 0.4) is 0 Å². The van der Waals surface area contributed by atoms with Gasteiger partial charge in [-0.05, 0) is 24.3 Å². The highest BCUT2D eigenvalue weighted by Crippen LogP contribution is 2.18. The number of hydrogen-bond acceptors (Lipinski definition) is 6. The number of amides is 1. The largest absolute Gasteiger partial charge is 0.397 e. The number of nitrogen functional groups attached to an aromatic ring is 1. The van der Waals surface area contributed by atoms with Crippen molar-refractivity contribution in [3.63, 3.8) is 0 Å². The predicted molar refractivity (Wildman–Crippen MR) is 81.1 cm³/mol. The normalized spacial score (nSPS) is 10.1. The third-order valence-corrected chi connectivity index (χ3v) is 3.42. The third-order valence-electron chi connectivity index (χ3n) is 2.47. The van der Waals surface area contributed by atoms with Gasteiger partial charge in [0.15, 0.2) is 0 Å². The number of carbonyl (C=O) groups excluding carboxylic acids is 1. The average molecular weight is 304 g/mol. The van der Waals surface area contributed by atoms with Crippen LogP contribution in [0.2, 0.25) is 0 Å². The highest BCUT2D eigenvalue weighted by atomic mass is 32.2. The number of nitro groups is 1. The quantitative estimate of drug-likeness (QED) is 0.498. The summed E-state index contributed by atoms with van der Waals surface area (Å²) in [5.74, 6) is -0.0269. The van der Waals surface area contributed by atoms with Gasteiger partial charge in [0.1, 0.15) is 0 Å². The molecule has 0 spiro atoms. The molecule has 108 valence electrons. The second-order valence-corrected chi connectivity index (χ2v) is 5.07. The lowest BCUT2D eigenvalue weighted by molar-refractivity contribution is -0.384. The molecule has 2 rings (SSSR count). The summed E-state index contributed by atoms with van der Waals surface area (Å²) in [5, 5.41) is 13.9. The first-order chi connectivity index (χ1) is 10.0. The number of non-ortho nitro benzene ring substituents is 1. The van der Waals surface area contributed by atoms with Crippen molar-refractivity contribution in [2.24, 2.45) is 0 Å². The van der Waals surface area contributed by atoms with Crippen molar-refractivity contribution >= 4 is 34.7 Å². The second kappa shape index (κ2) is 6.71. The highest BCUT2D eigenvalue weighted by Gasteiger charge is 2.07. The number of benzene rings is 1. The number of carbonyl (C=O) groups is 1. The molecule has 8 heteroatoms. The third kappa shape index (κ3) is 4.46. The minimum Gasteiger partial charge on any atom is -0.397 e. The SMILES string of the molecule is Nc1ccc(SCC(=O)Nc2ccc([N+](=O)[O-])cc2)nc1. The fourth-order valence-electron chi connectivity index (χ4n) is 1.48. The van der Waals surface area contributed by atoms with Crippen LogP contribution in [-0.2, 0) is 4.79 Å². The summed E-state index contributed by atoms with van der Waals surface area (Å²) >= 11 is 1.28. The van der Waals surface area contributed by atoms with Gasteiger partial charge >= 0.3 is 0 Å². The van der Waals surface area contributed by atoms with Gasteiger partial charge in [0.25, 0.3) is 5.69 Å². The average Bonchev–Trinajstić information content (AvgIpc) is 2.47. The van der Waals surface area contributed by atoms with E-state index in [0.29, 0.717) is 16.4 Å². The van der Waals surface area contributed by atoms with Crippen molar-refractivity contribution in [3.05, 3.63) is 52.7 Å². The lowest BCUT2D eigenvalue weighted by Gasteiger charge is -2.04. The van der Waals surface area contributed by atoms with Gasteiger partial charge in [0.2, 0.25) is 5.91 Å². The molecular formula is C13H12N4O3S. The van der Waals surface area contributed by atoms with Gasteiger partial charge in [-0.3, -0.25) is 14.9 Å². The smallest absolute Gasteiger partial charge is 0.269 e. The molecule has 0 radical (unpaired) electrons. The number of nitrogens with zero attached hydrogens (tertiary/aromatic N) is 2. The van der Waals surface area contributed by atoms with Crippen molar-refractivity contribution in [2.75, 3.05) is 16.8 Å². The van der Waals surface area contributed by atoms with Gasteiger partial charge in [-0.2, -0.15) is 0 Å². The van der Waals surface area contributed by atoms with Crippen LogP contribution in [0.1, 0.15) is 0 Å². The van der Waals surface area contributed by atoms with E-state index in [9.17, 15) is 14.9 Å². The summed E-state index contributed by atoms with van der Waals surface area (Å²) in [6, 6.07) is 9.10. The first-order valence-corrected chi connectivity index (χ1v) is 6.92. The number of aromatic nitrogens is 1. The molecule has 7 nitrogen and oxygen atoms in total. The molecule has 1 aromatic carbocycles. The van der Waals surface area contributed by atoms with E-state index in [0.717, 1.165) is 0 Å². The zero-order valence-corrected chi connectivity index (χ0v) is 11.7. The topological polar surface area (TPSA) is 111 Å². The van der Waals surface area contributed by atoms with E-state index in [2.05, 4.69) is 10.3 Å². The van der Waals surface area contributed by atoms with E-state index in [-0.39, 0.29) is 17.3 Å². The van der Waals surface area contributed by atoms with Crippen molar-refractivity contribution in [1.29, 1.82) is 0 Å². The van der Waals surface area contributed by atoms with Crippen LogP contribution in [0, 0.1) is 10.1 Å². The van der Waals surface area contributed by atoms with E-state index < -0.39 is 4.92 Å². The molecule has 0 saturated heterocycles. The standard InChI is InChI=1S/C13H12N4O3S/c14-9-1-6-13(15-7-9)21-8-12(18)16-10-2-4-11(5-3-10)17(19)20/h1-7H,8,14H2,(H,16,18). The molecule has 0 unspecified atom stereocenters. The van der Waals surface area contributed by atoms with Crippen LogP contribution in [0.15, 0.2) is 47.6 Å². The van der Waals surface area contributed by atoms with Gasteiger partial charge in [0, 0.05) is 17.8 Å². The van der Waals surface area contributed by atoms with E-state index >= 15 is 0 Å². The summed E-state index contributed by atoms with van der Waals surface area (Å²) in [6.07, 6.45) is 1.52. The Kier molecular flexibility index (Phi) is 4.72. The number of nitrogens with two attached hydrogens (primary N) is 1. The first kappa shape index (κ1) is 14.8. The maximum absolute atomic E-state index is 11.8. The van der Waals surface area contributed by atoms with Crippen LogP contribution in [0.5, 0.6) is 0 Å². The zero-order chi connectivity index (χ0) is 15.2. The van der Waals surface area contributed by atoms with Gasteiger partial charge in [0.05, 0.1) is 27.6 Å². The molecule has 2 aromatic rings. The Labute approximate surface area is 124 Å². The van der Waals surface area contributed by atoms with Gasteiger partial charge in [-0.15, -0.1) is 0 Å². The molecule has 1 heterocycles. The summed E-state index contributed by atoms with van der Waals surface area (Å²) in [5.41, 5.74) is 6.57. The lowest BCUT2D eigenvalue weighted by Crippen LogP contribution is -2.14. The van der Waals surface area contributed by atoms with Gasteiger partial charge in [-0.25, -0.2) is 4.98 Å². The molecule has 0 fully saturated rings. The molecule has 1 amide bonds. The number of anilines is 2. The Morgan fingerprint density at radius 2 is 2.00 bits per heavy atom. The van der Waals surface area contributed by atoms with Crippen LogP contribution in [0.4, 0.5) is 17.1 Å². The minimum atomic E-state index is -0.492. The molecule has 0 aliphatic heterocycles. The number of pyridine rings is 1. The van der Waals surface area contributed by atoms with Crippen LogP contribution in [0.25, 0.3) is 0 Å².